The van der Waals surface area contributed by atoms with E-state index in [1.165, 1.54) is 18.2 Å². The van der Waals surface area contributed by atoms with Gasteiger partial charge in [-0.1, -0.05) is 12.1 Å². The smallest absolute Gasteiger partial charge is 0.254 e. The fourth-order valence-electron chi connectivity index (χ4n) is 4.56. The molecule has 0 bridgehead atoms. The Morgan fingerprint density at radius 2 is 2.12 bits per heavy atom. The van der Waals surface area contributed by atoms with E-state index in [9.17, 15) is 14.0 Å². The Hall–Kier alpha value is -3.39. The molecule has 8 heteroatoms. The zero-order chi connectivity index (χ0) is 22.1. The van der Waals surface area contributed by atoms with E-state index in [0.29, 0.717) is 43.9 Å². The van der Waals surface area contributed by atoms with Crippen molar-refractivity contribution < 1.29 is 9.18 Å². The number of pyridine rings is 1. The summed E-state index contributed by atoms with van der Waals surface area (Å²) >= 11 is 0. The number of carbonyl (C=O) groups is 1. The third-order valence-electron chi connectivity index (χ3n) is 6.23. The Bertz CT molecular complexity index is 1200. The molecule has 0 aliphatic carbocycles. The Balaban J connectivity index is 1.31. The average molecular weight is 433 g/mol. The van der Waals surface area contributed by atoms with Gasteiger partial charge in [-0.3, -0.25) is 19.5 Å². The van der Waals surface area contributed by atoms with Gasteiger partial charge >= 0.3 is 0 Å². The Labute approximate surface area is 184 Å². The molecular weight excluding hydrogens is 409 g/mol. The third kappa shape index (κ3) is 4.18. The topological polar surface area (TPSA) is 82.2 Å². The molecule has 2 aliphatic rings. The molecule has 4 heterocycles. The highest BCUT2D eigenvalue weighted by atomic mass is 19.1. The van der Waals surface area contributed by atoms with Crippen LogP contribution >= 0.6 is 0 Å². The lowest BCUT2D eigenvalue weighted by atomic mass is 10.0. The molecule has 1 saturated heterocycles. The minimum absolute atomic E-state index is 0.0424. The fourth-order valence-corrected chi connectivity index (χ4v) is 4.56. The summed E-state index contributed by atoms with van der Waals surface area (Å²) in [7, 11) is 0. The monoisotopic (exact) mass is 433 g/mol. The minimum Gasteiger partial charge on any atom is -0.338 e. The van der Waals surface area contributed by atoms with Crippen LogP contribution in [-0.4, -0.2) is 50.3 Å². The molecule has 2 aromatic heterocycles. The molecule has 0 radical (unpaired) electrons. The van der Waals surface area contributed by atoms with E-state index >= 15 is 0 Å². The van der Waals surface area contributed by atoms with Crippen LogP contribution in [0.1, 0.15) is 45.3 Å². The highest BCUT2D eigenvalue weighted by molar-refractivity contribution is 5.94. The number of nitrogens with one attached hydrogen (secondary N) is 1. The van der Waals surface area contributed by atoms with Crippen LogP contribution in [0.15, 0.2) is 53.6 Å². The van der Waals surface area contributed by atoms with Crippen molar-refractivity contribution in [2.75, 3.05) is 19.6 Å². The molecule has 2 aliphatic heterocycles. The highest BCUT2D eigenvalue weighted by Gasteiger charge is 2.31. The van der Waals surface area contributed by atoms with E-state index in [4.69, 9.17) is 4.98 Å². The molecule has 1 amide bonds. The first-order valence-electron chi connectivity index (χ1n) is 10.8. The number of benzene rings is 1. The van der Waals surface area contributed by atoms with Crippen LogP contribution in [0.4, 0.5) is 4.39 Å². The lowest BCUT2D eigenvalue weighted by molar-refractivity contribution is 0.0790. The zero-order valence-electron chi connectivity index (χ0n) is 17.6. The van der Waals surface area contributed by atoms with Crippen molar-refractivity contribution in [2.45, 2.75) is 31.8 Å². The number of rotatable bonds is 4. The number of halogens is 1. The van der Waals surface area contributed by atoms with Crippen molar-refractivity contribution in [3.63, 3.8) is 0 Å². The van der Waals surface area contributed by atoms with E-state index in [-0.39, 0.29) is 17.4 Å². The molecule has 5 rings (SSSR count). The molecule has 0 unspecified atom stereocenters. The van der Waals surface area contributed by atoms with Gasteiger partial charge in [-0.2, -0.15) is 0 Å². The van der Waals surface area contributed by atoms with Gasteiger partial charge < -0.3 is 9.88 Å². The first-order chi connectivity index (χ1) is 15.6. The maximum Gasteiger partial charge on any atom is 0.254 e. The summed E-state index contributed by atoms with van der Waals surface area (Å²) < 4.78 is 13.5. The minimum atomic E-state index is -0.428. The normalized spacial score (nSPS) is 18.5. The first-order valence-corrected chi connectivity index (χ1v) is 10.8. The van der Waals surface area contributed by atoms with Gasteiger partial charge in [-0.05, 0) is 42.7 Å². The second-order valence-electron chi connectivity index (χ2n) is 8.45. The van der Waals surface area contributed by atoms with Crippen LogP contribution in [0.5, 0.6) is 0 Å². The highest BCUT2D eigenvalue weighted by Crippen LogP contribution is 2.27. The molecule has 32 heavy (non-hydrogen) atoms. The van der Waals surface area contributed by atoms with Gasteiger partial charge in [0.1, 0.15) is 11.6 Å². The predicted molar refractivity (Wildman–Crippen MR) is 117 cm³/mol. The van der Waals surface area contributed by atoms with Crippen LogP contribution in [0.3, 0.4) is 0 Å². The van der Waals surface area contributed by atoms with Gasteiger partial charge in [0, 0.05) is 62.2 Å². The van der Waals surface area contributed by atoms with Gasteiger partial charge in [0.15, 0.2) is 0 Å². The molecule has 1 atom stereocenters. The number of nitrogens with zero attached hydrogens (tertiary/aromatic N) is 4. The Morgan fingerprint density at radius 1 is 1.22 bits per heavy atom. The number of aromatic amines is 1. The summed E-state index contributed by atoms with van der Waals surface area (Å²) in [5.41, 5.74) is 2.95. The van der Waals surface area contributed by atoms with Gasteiger partial charge in [0.05, 0.1) is 5.69 Å². The quantitative estimate of drug-likeness (QED) is 0.684. The number of H-pyrrole nitrogens is 1. The molecule has 7 nitrogen and oxygen atoms in total. The molecule has 3 aromatic rings. The SMILES string of the molecule is O=C(c1cccc(F)c1)N1CC[C@H](c2nc3c(c(=O)[nH]2)CCN(Cc2cccnc2)C3)C1. The van der Waals surface area contributed by atoms with Crippen molar-refractivity contribution in [2.24, 2.45) is 0 Å². The molecule has 164 valence electrons. The second-order valence-corrected chi connectivity index (χ2v) is 8.45. The van der Waals surface area contributed by atoms with E-state index < -0.39 is 5.82 Å². The maximum absolute atomic E-state index is 13.5. The maximum atomic E-state index is 13.5. The molecule has 1 fully saturated rings. The number of hydrogen-bond acceptors (Lipinski definition) is 5. The Morgan fingerprint density at radius 3 is 2.94 bits per heavy atom. The molecule has 0 spiro atoms. The van der Waals surface area contributed by atoms with Crippen molar-refractivity contribution in [3.05, 3.63) is 93.2 Å². The summed E-state index contributed by atoms with van der Waals surface area (Å²) in [5, 5.41) is 0. The average Bonchev–Trinajstić information content (AvgIpc) is 3.29. The first kappa shape index (κ1) is 20.5. The number of hydrogen-bond donors (Lipinski definition) is 1. The zero-order valence-corrected chi connectivity index (χ0v) is 17.6. The van der Waals surface area contributed by atoms with Gasteiger partial charge in [-0.15, -0.1) is 0 Å². The summed E-state index contributed by atoms with van der Waals surface area (Å²) in [4.78, 5) is 41.4. The molecule has 1 aromatic carbocycles. The van der Waals surface area contributed by atoms with Crippen LogP contribution < -0.4 is 5.56 Å². The number of carbonyl (C=O) groups excluding carboxylic acids is 1. The molecule has 1 N–H and O–H groups in total. The van der Waals surface area contributed by atoms with Crippen molar-refractivity contribution in [3.8, 4) is 0 Å². The molecular formula is C24H24FN5O2. The summed E-state index contributed by atoms with van der Waals surface area (Å²) in [6.45, 7) is 3.17. The predicted octanol–water partition coefficient (Wildman–Crippen LogP) is 2.49. The van der Waals surface area contributed by atoms with Crippen molar-refractivity contribution in [1.82, 2.24) is 24.8 Å². The van der Waals surface area contributed by atoms with Crippen LogP contribution in [0, 0.1) is 5.82 Å². The lowest BCUT2D eigenvalue weighted by Crippen LogP contribution is -2.36. The summed E-state index contributed by atoms with van der Waals surface area (Å²) in [6, 6.07) is 9.70. The summed E-state index contributed by atoms with van der Waals surface area (Å²) in [6.07, 6.45) is 4.98. The third-order valence-corrected chi connectivity index (χ3v) is 6.23. The van der Waals surface area contributed by atoms with Gasteiger partial charge in [0.2, 0.25) is 0 Å². The number of fused-ring (bicyclic) bond motifs is 1. The van der Waals surface area contributed by atoms with Crippen molar-refractivity contribution >= 4 is 5.91 Å². The number of amides is 1. The molecule has 0 saturated carbocycles. The number of aromatic nitrogens is 3. The standard InChI is InChI=1S/C24H24FN5O2/c25-19-5-1-4-17(11-19)24(32)30-10-6-18(14-30)22-27-21-15-29(9-7-20(21)23(31)28-22)13-16-3-2-8-26-12-16/h1-5,8,11-12,18H,6-7,9-10,13-15H2,(H,27,28,31)/t18-/m0/s1. The second kappa shape index (κ2) is 8.63. The van der Waals surface area contributed by atoms with Gasteiger partial charge in [-0.25, -0.2) is 9.37 Å². The summed E-state index contributed by atoms with van der Waals surface area (Å²) in [5.74, 6) is -0.0381. The van der Waals surface area contributed by atoms with Gasteiger partial charge in [0.25, 0.3) is 11.5 Å². The van der Waals surface area contributed by atoms with E-state index in [2.05, 4.69) is 14.9 Å². The van der Waals surface area contributed by atoms with E-state index in [0.717, 1.165) is 29.9 Å². The number of likely N-dealkylation sites (tertiary alicyclic amines) is 1. The lowest BCUT2D eigenvalue weighted by Gasteiger charge is -2.28. The fraction of sp³-hybridized carbons (Fsp3) is 0.333. The van der Waals surface area contributed by atoms with Crippen molar-refractivity contribution in [1.29, 1.82) is 0 Å². The Kier molecular flexibility index (Phi) is 5.53. The van der Waals surface area contributed by atoms with Crippen LogP contribution in [0.25, 0.3) is 0 Å². The van der Waals surface area contributed by atoms with E-state index in [1.807, 2.05) is 18.3 Å². The van der Waals surface area contributed by atoms with E-state index in [1.54, 1.807) is 17.2 Å². The van der Waals surface area contributed by atoms with Crippen LogP contribution in [0.2, 0.25) is 0 Å². The largest absolute Gasteiger partial charge is 0.338 e. The van der Waals surface area contributed by atoms with Crippen LogP contribution in [-0.2, 0) is 19.5 Å².